The van der Waals surface area contributed by atoms with Gasteiger partial charge >= 0.3 is 0 Å². The highest BCUT2D eigenvalue weighted by Gasteiger charge is 2.07. The van der Waals surface area contributed by atoms with E-state index in [4.69, 9.17) is 10.6 Å². The van der Waals surface area contributed by atoms with Crippen LogP contribution in [0.3, 0.4) is 0 Å². The van der Waals surface area contributed by atoms with Crippen LogP contribution in [-0.2, 0) is 6.61 Å². The molecule has 0 saturated carbocycles. The van der Waals surface area contributed by atoms with Gasteiger partial charge in [0.15, 0.2) is 0 Å². The highest BCUT2D eigenvalue weighted by Crippen LogP contribution is 2.26. The predicted molar refractivity (Wildman–Crippen MR) is 76.9 cm³/mol. The summed E-state index contributed by atoms with van der Waals surface area (Å²) in [6.07, 6.45) is 1.71. The number of ether oxygens (including phenoxy) is 1. The van der Waals surface area contributed by atoms with Crippen LogP contribution in [0.2, 0.25) is 0 Å². The van der Waals surface area contributed by atoms with Crippen molar-refractivity contribution in [1.29, 1.82) is 0 Å². The Kier molecular flexibility index (Phi) is 4.36. The summed E-state index contributed by atoms with van der Waals surface area (Å²) >= 11 is 0. The smallest absolute Gasteiger partial charge is 0.140 e. The fraction of sp³-hybridized carbons (Fsp3) is 0.267. The maximum atomic E-state index is 5.89. The molecule has 2 rings (SSSR count). The Morgan fingerprint density at radius 1 is 1.26 bits per heavy atom. The maximum absolute atomic E-state index is 5.89. The Morgan fingerprint density at radius 3 is 2.79 bits per heavy atom. The van der Waals surface area contributed by atoms with Gasteiger partial charge in [-0.2, -0.15) is 0 Å². The molecule has 0 atom stereocenters. The molecule has 0 unspecified atom stereocenters. The van der Waals surface area contributed by atoms with Crippen molar-refractivity contribution in [2.75, 3.05) is 5.43 Å². The Morgan fingerprint density at radius 2 is 2.05 bits per heavy atom. The second-order valence-corrected chi connectivity index (χ2v) is 4.67. The first-order valence-corrected chi connectivity index (χ1v) is 6.34. The molecule has 1 aromatic heterocycles. The van der Waals surface area contributed by atoms with Crippen molar-refractivity contribution in [3.8, 4) is 5.75 Å². The molecule has 4 nitrogen and oxygen atoms in total. The molecule has 0 radical (unpaired) electrons. The summed E-state index contributed by atoms with van der Waals surface area (Å²) in [7, 11) is 0. The molecule has 19 heavy (non-hydrogen) atoms. The lowest BCUT2D eigenvalue weighted by Crippen LogP contribution is -2.09. The number of anilines is 1. The van der Waals surface area contributed by atoms with E-state index in [1.54, 1.807) is 6.20 Å². The van der Waals surface area contributed by atoms with Gasteiger partial charge in [-0.3, -0.25) is 0 Å². The van der Waals surface area contributed by atoms with Crippen LogP contribution in [0.1, 0.15) is 30.9 Å². The van der Waals surface area contributed by atoms with Gasteiger partial charge in [-0.15, -0.1) is 0 Å². The Labute approximate surface area is 113 Å². The summed E-state index contributed by atoms with van der Waals surface area (Å²) in [5.41, 5.74) is 4.77. The van der Waals surface area contributed by atoms with E-state index in [2.05, 4.69) is 30.3 Å². The average Bonchev–Trinajstić information content (AvgIpc) is 2.45. The minimum atomic E-state index is 0.440. The van der Waals surface area contributed by atoms with Crippen LogP contribution < -0.4 is 16.0 Å². The third-order valence-electron chi connectivity index (χ3n) is 2.91. The summed E-state index contributed by atoms with van der Waals surface area (Å²) in [4.78, 5) is 4.07. The van der Waals surface area contributed by atoms with Crippen molar-refractivity contribution in [3.63, 3.8) is 0 Å². The number of pyridine rings is 1. The summed E-state index contributed by atoms with van der Waals surface area (Å²) in [6.45, 7) is 4.82. The third kappa shape index (κ3) is 3.45. The molecule has 1 aromatic carbocycles. The van der Waals surface area contributed by atoms with E-state index < -0.39 is 0 Å². The summed E-state index contributed by atoms with van der Waals surface area (Å²) in [6, 6.07) is 11.9. The predicted octanol–water partition coefficient (Wildman–Crippen LogP) is 3.07. The summed E-state index contributed by atoms with van der Waals surface area (Å²) in [5.74, 6) is 7.34. The molecule has 100 valence electrons. The number of nitrogens with one attached hydrogen (secondary N) is 1. The van der Waals surface area contributed by atoms with Gasteiger partial charge in [0.05, 0.1) is 0 Å². The quantitative estimate of drug-likeness (QED) is 0.638. The van der Waals surface area contributed by atoms with Crippen LogP contribution in [0.25, 0.3) is 0 Å². The molecule has 1 heterocycles. The molecule has 0 aliphatic rings. The number of nitrogens with two attached hydrogens (primary N) is 1. The Balaban J connectivity index is 2.10. The van der Waals surface area contributed by atoms with E-state index in [-0.39, 0.29) is 0 Å². The molecular weight excluding hydrogens is 238 g/mol. The number of hydrogen-bond donors (Lipinski definition) is 2. The Bertz CT molecular complexity index is 540. The molecule has 0 spiro atoms. The van der Waals surface area contributed by atoms with Gasteiger partial charge < -0.3 is 10.2 Å². The average molecular weight is 257 g/mol. The molecule has 0 saturated heterocycles. The van der Waals surface area contributed by atoms with Crippen LogP contribution in [0.5, 0.6) is 5.75 Å². The number of rotatable bonds is 5. The number of aromatic nitrogens is 1. The lowest BCUT2D eigenvalue weighted by Gasteiger charge is -2.14. The van der Waals surface area contributed by atoms with Crippen molar-refractivity contribution in [3.05, 3.63) is 53.7 Å². The van der Waals surface area contributed by atoms with Gasteiger partial charge in [0, 0.05) is 6.20 Å². The molecule has 2 aromatic rings. The maximum Gasteiger partial charge on any atom is 0.140 e. The molecule has 3 N–H and O–H groups in total. The largest absolute Gasteiger partial charge is 0.489 e. The van der Waals surface area contributed by atoms with E-state index in [0.29, 0.717) is 18.3 Å². The number of hydrazine groups is 1. The van der Waals surface area contributed by atoms with Gasteiger partial charge in [0.1, 0.15) is 18.2 Å². The fourth-order valence-electron chi connectivity index (χ4n) is 1.89. The zero-order valence-corrected chi connectivity index (χ0v) is 11.3. The lowest BCUT2D eigenvalue weighted by molar-refractivity contribution is 0.302. The van der Waals surface area contributed by atoms with Gasteiger partial charge in [0.2, 0.25) is 0 Å². The van der Waals surface area contributed by atoms with E-state index >= 15 is 0 Å². The summed E-state index contributed by atoms with van der Waals surface area (Å²) in [5, 5.41) is 0. The standard InChI is InChI=1S/C15H19N3O/c1-11(2)13-5-3-4-6-14(13)19-10-12-7-8-17-15(9-12)18-16/h3-9,11H,10,16H2,1-2H3,(H,17,18). The second-order valence-electron chi connectivity index (χ2n) is 4.67. The normalized spacial score (nSPS) is 10.5. The molecule has 0 fully saturated rings. The van der Waals surface area contributed by atoms with E-state index in [1.807, 2.05) is 30.3 Å². The molecule has 0 bridgehead atoms. The minimum Gasteiger partial charge on any atom is -0.489 e. The zero-order valence-electron chi connectivity index (χ0n) is 11.3. The Hall–Kier alpha value is -2.07. The zero-order chi connectivity index (χ0) is 13.7. The topological polar surface area (TPSA) is 60.2 Å². The lowest BCUT2D eigenvalue weighted by atomic mass is 10.0. The molecule has 0 amide bonds. The highest BCUT2D eigenvalue weighted by atomic mass is 16.5. The van der Waals surface area contributed by atoms with Crippen LogP contribution in [0.15, 0.2) is 42.6 Å². The number of benzene rings is 1. The van der Waals surface area contributed by atoms with Crippen molar-refractivity contribution < 1.29 is 4.74 Å². The number of hydrogen-bond acceptors (Lipinski definition) is 4. The number of nitrogens with zero attached hydrogens (tertiary/aromatic N) is 1. The van der Waals surface area contributed by atoms with E-state index in [9.17, 15) is 0 Å². The first-order chi connectivity index (χ1) is 9.20. The fourth-order valence-corrected chi connectivity index (χ4v) is 1.89. The van der Waals surface area contributed by atoms with Gasteiger partial charge in [-0.05, 0) is 35.2 Å². The highest BCUT2D eigenvalue weighted by molar-refractivity contribution is 5.37. The number of nitrogen functional groups attached to an aromatic ring is 1. The first-order valence-electron chi connectivity index (χ1n) is 6.34. The van der Waals surface area contributed by atoms with E-state index in [0.717, 1.165) is 11.3 Å². The second kappa shape index (κ2) is 6.20. The van der Waals surface area contributed by atoms with Gasteiger partial charge in [0.25, 0.3) is 0 Å². The first kappa shape index (κ1) is 13.4. The molecule has 0 aliphatic heterocycles. The monoisotopic (exact) mass is 257 g/mol. The third-order valence-corrected chi connectivity index (χ3v) is 2.91. The number of para-hydroxylation sites is 1. The summed E-state index contributed by atoms with van der Waals surface area (Å²) < 4.78 is 5.89. The van der Waals surface area contributed by atoms with Crippen molar-refractivity contribution in [1.82, 2.24) is 4.98 Å². The van der Waals surface area contributed by atoms with Crippen molar-refractivity contribution >= 4 is 5.82 Å². The minimum absolute atomic E-state index is 0.440. The van der Waals surface area contributed by atoms with Crippen LogP contribution >= 0.6 is 0 Å². The molecule has 4 heteroatoms. The van der Waals surface area contributed by atoms with Crippen LogP contribution in [-0.4, -0.2) is 4.98 Å². The van der Waals surface area contributed by atoms with Crippen molar-refractivity contribution in [2.24, 2.45) is 5.84 Å². The van der Waals surface area contributed by atoms with Gasteiger partial charge in [-0.25, -0.2) is 10.8 Å². The van der Waals surface area contributed by atoms with Crippen LogP contribution in [0, 0.1) is 0 Å². The molecule has 0 aliphatic carbocycles. The van der Waals surface area contributed by atoms with Crippen LogP contribution in [0.4, 0.5) is 5.82 Å². The van der Waals surface area contributed by atoms with Gasteiger partial charge in [-0.1, -0.05) is 32.0 Å². The van der Waals surface area contributed by atoms with E-state index in [1.165, 1.54) is 5.56 Å². The SMILES string of the molecule is CC(C)c1ccccc1OCc1ccnc(NN)c1. The van der Waals surface area contributed by atoms with Crippen molar-refractivity contribution in [2.45, 2.75) is 26.4 Å². The molecular formula is C15H19N3O.